The van der Waals surface area contributed by atoms with E-state index in [2.05, 4.69) is 5.32 Å². The molecule has 2 heterocycles. The van der Waals surface area contributed by atoms with Gasteiger partial charge in [0.15, 0.2) is 0 Å². The Balaban J connectivity index is 1.40. The van der Waals surface area contributed by atoms with Crippen molar-refractivity contribution in [3.8, 4) is 0 Å². The first-order valence-electron chi connectivity index (χ1n) is 13.3. The van der Waals surface area contributed by atoms with Crippen LogP contribution < -0.4 is 5.32 Å². The minimum Gasteiger partial charge on any atom is -0.376 e. The quantitative estimate of drug-likeness (QED) is 0.468. The first-order valence-corrected chi connectivity index (χ1v) is 14.7. The Morgan fingerprint density at radius 3 is 2.34 bits per heavy atom. The fourth-order valence-electron chi connectivity index (χ4n) is 4.84. The number of halogens is 1. The van der Waals surface area contributed by atoms with Gasteiger partial charge in [-0.1, -0.05) is 24.3 Å². The highest BCUT2D eigenvalue weighted by Crippen LogP contribution is 2.22. The second kappa shape index (κ2) is 12.8. The summed E-state index contributed by atoms with van der Waals surface area (Å²) in [6.07, 6.45) is 4.14. The van der Waals surface area contributed by atoms with Crippen LogP contribution in [0.15, 0.2) is 53.4 Å². The van der Waals surface area contributed by atoms with Crippen molar-refractivity contribution in [3.05, 3.63) is 65.5 Å². The van der Waals surface area contributed by atoms with Gasteiger partial charge in [0.2, 0.25) is 21.8 Å². The van der Waals surface area contributed by atoms with Crippen LogP contribution in [0.25, 0.3) is 0 Å². The highest BCUT2D eigenvalue weighted by atomic mass is 32.2. The molecule has 38 heavy (non-hydrogen) atoms. The number of carbonyl (C=O) groups is 2. The molecule has 0 aromatic heterocycles. The monoisotopic (exact) mass is 545 g/mol. The van der Waals surface area contributed by atoms with Gasteiger partial charge >= 0.3 is 0 Å². The third-order valence-corrected chi connectivity index (χ3v) is 9.13. The summed E-state index contributed by atoms with van der Waals surface area (Å²) in [7, 11) is -3.49. The lowest BCUT2D eigenvalue weighted by Gasteiger charge is -2.29. The Labute approximate surface area is 224 Å². The summed E-state index contributed by atoms with van der Waals surface area (Å²) in [5.41, 5.74) is 1.55. The van der Waals surface area contributed by atoms with Crippen molar-refractivity contribution in [2.75, 3.05) is 26.2 Å². The molecule has 2 aliphatic rings. The van der Waals surface area contributed by atoms with E-state index in [0.29, 0.717) is 32.7 Å². The molecule has 10 heteroatoms. The molecule has 2 aromatic carbocycles. The second-order valence-electron chi connectivity index (χ2n) is 9.96. The summed E-state index contributed by atoms with van der Waals surface area (Å²) in [6, 6.07) is 11.8. The molecule has 0 aliphatic carbocycles. The van der Waals surface area contributed by atoms with Gasteiger partial charge in [-0.2, -0.15) is 4.31 Å². The van der Waals surface area contributed by atoms with E-state index >= 15 is 0 Å². The number of hydrogen-bond acceptors (Lipinski definition) is 5. The van der Waals surface area contributed by atoms with Crippen molar-refractivity contribution in [3.63, 3.8) is 0 Å². The maximum atomic E-state index is 13.4. The van der Waals surface area contributed by atoms with Crippen molar-refractivity contribution in [2.45, 2.75) is 69.0 Å². The summed E-state index contributed by atoms with van der Waals surface area (Å²) in [5.74, 6) is -0.862. The Kier molecular flexibility index (Phi) is 9.51. The SMILES string of the molecule is C[C@H](C(=O)NC[C@H]1CCCO1)N(Cc1ccc(F)cc1)C(=O)CCc1ccc(S(=O)(=O)N2CCCC2)cc1. The topological polar surface area (TPSA) is 96.0 Å². The summed E-state index contributed by atoms with van der Waals surface area (Å²) in [5, 5.41) is 2.89. The van der Waals surface area contributed by atoms with Crippen LogP contribution in [-0.4, -0.2) is 67.8 Å². The van der Waals surface area contributed by atoms with Crippen molar-refractivity contribution < 1.29 is 27.1 Å². The van der Waals surface area contributed by atoms with E-state index in [0.717, 1.165) is 36.8 Å². The van der Waals surface area contributed by atoms with Crippen LogP contribution in [0.3, 0.4) is 0 Å². The van der Waals surface area contributed by atoms with Crippen LogP contribution in [0.2, 0.25) is 0 Å². The molecule has 0 unspecified atom stereocenters. The predicted molar refractivity (Wildman–Crippen MR) is 141 cm³/mol. The zero-order chi connectivity index (χ0) is 27.1. The Morgan fingerprint density at radius 2 is 1.71 bits per heavy atom. The maximum Gasteiger partial charge on any atom is 0.243 e. The van der Waals surface area contributed by atoms with E-state index in [1.165, 1.54) is 21.3 Å². The summed E-state index contributed by atoms with van der Waals surface area (Å²) < 4.78 is 46.0. The van der Waals surface area contributed by atoms with Gasteiger partial charge in [0, 0.05) is 39.2 Å². The third-order valence-electron chi connectivity index (χ3n) is 7.22. The number of carbonyl (C=O) groups excluding carboxylic acids is 2. The Bertz CT molecular complexity index is 1190. The maximum absolute atomic E-state index is 13.4. The number of hydrogen-bond donors (Lipinski definition) is 1. The van der Waals surface area contributed by atoms with Crippen LogP contribution in [-0.2, 0) is 37.3 Å². The molecule has 4 rings (SSSR count). The third kappa shape index (κ3) is 7.18. The van der Waals surface area contributed by atoms with Gasteiger partial charge in [0.05, 0.1) is 11.0 Å². The number of amides is 2. The standard InChI is InChI=1S/C28H36FN3O5S/c1-21(28(34)30-19-25-5-4-18-37-25)32(20-23-6-11-24(29)12-7-23)27(33)15-10-22-8-13-26(14-9-22)38(35,36)31-16-2-3-17-31/h6-9,11-14,21,25H,2-5,10,15-20H2,1H3,(H,30,34)/t21-,25-/m1/s1. The number of sulfonamides is 1. The highest BCUT2D eigenvalue weighted by molar-refractivity contribution is 7.89. The van der Waals surface area contributed by atoms with Gasteiger partial charge in [-0.15, -0.1) is 0 Å². The summed E-state index contributed by atoms with van der Waals surface area (Å²) in [6.45, 7) is 4.03. The van der Waals surface area contributed by atoms with Crippen LogP contribution >= 0.6 is 0 Å². The average molecular weight is 546 g/mol. The lowest BCUT2D eigenvalue weighted by Crippen LogP contribution is -2.49. The second-order valence-corrected chi connectivity index (χ2v) is 11.9. The molecule has 0 spiro atoms. The zero-order valence-corrected chi connectivity index (χ0v) is 22.6. The van der Waals surface area contributed by atoms with E-state index < -0.39 is 16.1 Å². The molecule has 1 N–H and O–H groups in total. The van der Waals surface area contributed by atoms with Crippen molar-refractivity contribution >= 4 is 21.8 Å². The van der Waals surface area contributed by atoms with E-state index in [1.54, 1.807) is 43.3 Å². The van der Waals surface area contributed by atoms with Gasteiger partial charge in [-0.25, -0.2) is 12.8 Å². The molecule has 2 saturated heterocycles. The van der Waals surface area contributed by atoms with Gasteiger partial charge < -0.3 is 15.0 Å². The van der Waals surface area contributed by atoms with E-state index in [4.69, 9.17) is 4.74 Å². The molecule has 0 saturated carbocycles. The Hall–Kier alpha value is -2.82. The van der Waals surface area contributed by atoms with Crippen LogP contribution in [0.5, 0.6) is 0 Å². The number of rotatable bonds is 11. The fraction of sp³-hybridized carbons (Fsp3) is 0.500. The van der Waals surface area contributed by atoms with Gasteiger partial charge in [-0.3, -0.25) is 9.59 Å². The number of ether oxygens (including phenoxy) is 1. The number of nitrogens with zero attached hydrogens (tertiary/aromatic N) is 2. The van der Waals surface area contributed by atoms with Gasteiger partial charge in [0.1, 0.15) is 11.9 Å². The lowest BCUT2D eigenvalue weighted by atomic mass is 10.1. The van der Waals surface area contributed by atoms with E-state index in [9.17, 15) is 22.4 Å². The predicted octanol–water partition coefficient (Wildman–Crippen LogP) is 3.26. The van der Waals surface area contributed by atoms with Crippen molar-refractivity contribution in [1.82, 2.24) is 14.5 Å². The number of benzene rings is 2. The molecule has 2 atom stereocenters. The molecule has 2 aliphatic heterocycles. The molecule has 2 amide bonds. The summed E-state index contributed by atoms with van der Waals surface area (Å²) >= 11 is 0. The minimum absolute atomic E-state index is 0.00958. The summed E-state index contributed by atoms with van der Waals surface area (Å²) in [4.78, 5) is 28.0. The van der Waals surface area contributed by atoms with E-state index in [1.807, 2.05) is 0 Å². The van der Waals surface area contributed by atoms with Crippen molar-refractivity contribution in [2.24, 2.45) is 0 Å². The van der Waals surface area contributed by atoms with Crippen molar-refractivity contribution in [1.29, 1.82) is 0 Å². The molecule has 0 radical (unpaired) electrons. The number of nitrogens with one attached hydrogen (secondary N) is 1. The first-order chi connectivity index (χ1) is 18.2. The van der Waals surface area contributed by atoms with Crippen LogP contribution in [0.4, 0.5) is 4.39 Å². The lowest BCUT2D eigenvalue weighted by molar-refractivity contribution is -0.140. The van der Waals surface area contributed by atoms with Gasteiger partial charge in [0.25, 0.3) is 0 Å². The van der Waals surface area contributed by atoms with E-state index in [-0.39, 0.29) is 41.6 Å². The molecule has 2 aromatic rings. The minimum atomic E-state index is -3.49. The van der Waals surface area contributed by atoms with Gasteiger partial charge in [-0.05, 0) is 74.4 Å². The fourth-order valence-corrected chi connectivity index (χ4v) is 6.35. The first kappa shape index (κ1) is 28.2. The molecule has 0 bridgehead atoms. The average Bonchev–Trinajstić information content (AvgIpc) is 3.65. The smallest absolute Gasteiger partial charge is 0.243 e. The number of aryl methyl sites for hydroxylation is 1. The van der Waals surface area contributed by atoms with Crippen LogP contribution in [0.1, 0.15) is 50.2 Å². The normalized spacial score (nSPS) is 18.8. The largest absolute Gasteiger partial charge is 0.376 e. The molecular weight excluding hydrogens is 509 g/mol. The molecule has 206 valence electrons. The highest BCUT2D eigenvalue weighted by Gasteiger charge is 2.28. The Morgan fingerprint density at radius 1 is 1.05 bits per heavy atom. The molecule has 2 fully saturated rings. The zero-order valence-electron chi connectivity index (χ0n) is 21.8. The molecular formula is C28H36FN3O5S. The van der Waals surface area contributed by atoms with Crippen LogP contribution in [0, 0.1) is 5.82 Å². The molecule has 8 nitrogen and oxygen atoms in total.